The highest BCUT2D eigenvalue weighted by Crippen LogP contribution is 2.15. The van der Waals surface area contributed by atoms with E-state index in [9.17, 15) is 4.79 Å². The van der Waals surface area contributed by atoms with Gasteiger partial charge in [-0.1, -0.05) is 6.92 Å². The van der Waals surface area contributed by atoms with Crippen LogP contribution in [-0.2, 0) is 0 Å². The van der Waals surface area contributed by atoms with E-state index in [1.165, 1.54) is 0 Å². The molecule has 1 aromatic heterocycles. The van der Waals surface area contributed by atoms with Gasteiger partial charge in [0.05, 0.1) is 6.33 Å². The molecule has 0 aliphatic carbocycles. The van der Waals surface area contributed by atoms with E-state index in [0.717, 1.165) is 12.1 Å². The molecule has 0 bridgehead atoms. The monoisotopic (exact) mass is 181 g/mol. The Kier molecular flexibility index (Phi) is 2.70. The minimum absolute atomic E-state index is 0.362. The fraction of sp³-hybridized carbons (Fsp3) is 0.556. The molecule has 72 valence electrons. The summed E-state index contributed by atoms with van der Waals surface area (Å²) in [5.41, 5.74) is 6.38. The maximum atomic E-state index is 10.9. The average molecular weight is 181 g/mol. The number of hydrogen-bond donors (Lipinski definition) is 1. The Morgan fingerprint density at radius 2 is 2.38 bits per heavy atom. The van der Waals surface area contributed by atoms with E-state index in [4.69, 9.17) is 5.73 Å². The van der Waals surface area contributed by atoms with Crippen molar-refractivity contribution in [2.24, 2.45) is 5.73 Å². The molecule has 13 heavy (non-hydrogen) atoms. The predicted molar refractivity (Wildman–Crippen MR) is 50.5 cm³/mol. The second-order valence-corrected chi connectivity index (χ2v) is 3.21. The first-order valence-electron chi connectivity index (χ1n) is 4.41. The predicted octanol–water partition coefficient (Wildman–Crippen LogP) is 1.26. The molecular weight excluding hydrogens is 166 g/mol. The van der Waals surface area contributed by atoms with Crippen LogP contribution in [0.5, 0.6) is 0 Å². The van der Waals surface area contributed by atoms with Crippen molar-refractivity contribution < 1.29 is 4.79 Å². The first-order valence-corrected chi connectivity index (χ1v) is 4.41. The third kappa shape index (κ3) is 1.71. The summed E-state index contributed by atoms with van der Waals surface area (Å²) in [5, 5.41) is 0. The average Bonchev–Trinajstić information content (AvgIpc) is 2.46. The molecule has 0 saturated heterocycles. The maximum absolute atomic E-state index is 10.9. The van der Waals surface area contributed by atoms with Crippen LogP contribution in [0.3, 0.4) is 0 Å². The molecule has 1 rings (SSSR count). The summed E-state index contributed by atoms with van der Waals surface area (Å²) in [5.74, 6) is -0.459. The summed E-state index contributed by atoms with van der Waals surface area (Å²) >= 11 is 0. The van der Waals surface area contributed by atoms with Crippen LogP contribution in [-0.4, -0.2) is 15.5 Å². The topological polar surface area (TPSA) is 60.9 Å². The van der Waals surface area contributed by atoms with E-state index in [0.29, 0.717) is 11.7 Å². The highest BCUT2D eigenvalue weighted by Gasteiger charge is 2.13. The van der Waals surface area contributed by atoms with Gasteiger partial charge in [0.15, 0.2) is 0 Å². The summed E-state index contributed by atoms with van der Waals surface area (Å²) in [6.07, 6.45) is 2.68. The van der Waals surface area contributed by atoms with E-state index in [1.54, 1.807) is 6.33 Å². The number of imidazole rings is 1. The Hall–Kier alpha value is -1.32. The second-order valence-electron chi connectivity index (χ2n) is 3.21. The summed E-state index contributed by atoms with van der Waals surface area (Å²) < 4.78 is 1.97. The first-order chi connectivity index (χ1) is 6.07. The molecular formula is C9H15N3O. The maximum Gasteiger partial charge on any atom is 0.269 e. The Morgan fingerprint density at radius 1 is 1.77 bits per heavy atom. The largest absolute Gasteiger partial charge is 0.364 e. The van der Waals surface area contributed by atoms with Crippen LogP contribution >= 0.6 is 0 Å². The zero-order valence-corrected chi connectivity index (χ0v) is 8.24. The molecule has 2 N–H and O–H groups in total. The molecule has 1 amide bonds. The van der Waals surface area contributed by atoms with Crippen LogP contribution in [0, 0.1) is 6.92 Å². The van der Waals surface area contributed by atoms with Gasteiger partial charge in [-0.3, -0.25) is 4.79 Å². The van der Waals surface area contributed by atoms with Crippen molar-refractivity contribution in [1.82, 2.24) is 9.55 Å². The Labute approximate surface area is 77.8 Å². The van der Waals surface area contributed by atoms with Gasteiger partial charge in [0, 0.05) is 11.7 Å². The molecule has 4 heteroatoms. The Bertz CT molecular complexity index is 317. The van der Waals surface area contributed by atoms with Crippen molar-refractivity contribution in [2.45, 2.75) is 33.2 Å². The van der Waals surface area contributed by atoms with E-state index < -0.39 is 5.91 Å². The molecule has 1 heterocycles. The zero-order chi connectivity index (χ0) is 10.0. The molecule has 1 unspecified atom stereocenters. The van der Waals surface area contributed by atoms with Crippen LogP contribution in [0.2, 0.25) is 0 Å². The lowest BCUT2D eigenvalue weighted by Crippen LogP contribution is -2.14. The minimum Gasteiger partial charge on any atom is -0.364 e. The van der Waals surface area contributed by atoms with Gasteiger partial charge >= 0.3 is 0 Å². The Balaban J connectivity index is 3.06. The fourth-order valence-electron chi connectivity index (χ4n) is 1.31. The lowest BCUT2D eigenvalue weighted by Gasteiger charge is -2.12. The SMILES string of the molecule is CCC(C)n1cnc(C(N)=O)c1C. The van der Waals surface area contributed by atoms with E-state index in [2.05, 4.69) is 18.8 Å². The van der Waals surface area contributed by atoms with Crippen molar-refractivity contribution in [3.05, 3.63) is 17.7 Å². The number of primary amides is 1. The van der Waals surface area contributed by atoms with Crippen molar-refractivity contribution in [3.63, 3.8) is 0 Å². The highest BCUT2D eigenvalue weighted by molar-refractivity contribution is 5.91. The second kappa shape index (κ2) is 3.60. The third-order valence-electron chi connectivity index (χ3n) is 2.34. The molecule has 0 aromatic carbocycles. The number of carbonyl (C=O) groups is 1. The van der Waals surface area contributed by atoms with Crippen LogP contribution in [0.4, 0.5) is 0 Å². The van der Waals surface area contributed by atoms with Crippen LogP contribution in [0.1, 0.15) is 42.5 Å². The van der Waals surface area contributed by atoms with Crippen molar-refractivity contribution in [1.29, 1.82) is 0 Å². The van der Waals surface area contributed by atoms with Crippen LogP contribution in [0.15, 0.2) is 6.33 Å². The van der Waals surface area contributed by atoms with Crippen LogP contribution in [0.25, 0.3) is 0 Å². The lowest BCUT2D eigenvalue weighted by molar-refractivity contribution is 0.0995. The summed E-state index contributed by atoms with van der Waals surface area (Å²) in [4.78, 5) is 14.9. The number of carbonyl (C=O) groups excluding carboxylic acids is 1. The first kappa shape index (κ1) is 9.77. The molecule has 0 aliphatic rings. The van der Waals surface area contributed by atoms with Gasteiger partial charge in [0.1, 0.15) is 5.69 Å². The molecule has 0 spiro atoms. The fourth-order valence-corrected chi connectivity index (χ4v) is 1.31. The minimum atomic E-state index is -0.459. The Morgan fingerprint density at radius 3 is 2.77 bits per heavy atom. The van der Waals surface area contributed by atoms with E-state index in [-0.39, 0.29) is 0 Å². The summed E-state index contributed by atoms with van der Waals surface area (Å²) in [6, 6.07) is 0.362. The smallest absolute Gasteiger partial charge is 0.269 e. The number of rotatable bonds is 3. The molecule has 0 aliphatic heterocycles. The van der Waals surface area contributed by atoms with Gasteiger partial charge < -0.3 is 10.3 Å². The lowest BCUT2D eigenvalue weighted by atomic mass is 10.2. The normalized spacial score (nSPS) is 12.8. The number of nitrogens with two attached hydrogens (primary N) is 1. The van der Waals surface area contributed by atoms with E-state index in [1.807, 2.05) is 11.5 Å². The van der Waals surface area contributed by atoms with Gasteiger partial charge in [-0.2, -0.15) is 0 Å². The number of hydrogen-bond acceptors (Lipinski definition) is 2. The number of amides is 1. The highest BCUT2D eigenvalue weighted by atomic mass is 16.1. The molecule has 1 aromatic rings. The molecule has 4 nitrogen and oxygen atoms in total. The van der Waals surface area contributed by atoms with Gasteiger partial charge in [-0.25, -0.2) is 4.98 Å². The number of nitrogens with zero attached hydrogens (tertiary/aromatic N) is 2. The third-order valence-corrected chi connectivity index (χ3v) is 2.34. The van der Waals surface area contributed by atoms with Crippen molar-refractivity contribution >= 4 is 5.91 Å². The van der Waals surface area contributed by atoms with Gasteiger partial charge in [0.25, 0.3) is 5.91 Å². The zero-order valence-electron chi connectivity index (χ0n) is 8.24. The quantitative estimate of drug-likeness (QED) is 0.763. The van der Waals surface area contributed by atoms with E-state index >= 15 is 0 Å². The van der Waals surface area contributed by atoms with Gasteiger partial charge in [-0.15, -0.1) is 0 Å². The van der Waals surface area contributed by atoms with Gasteiger partial charge in [-0.05, 0) is 20.3 Å². The van der Waals surface area contributed by atoms with Crippen LogP contribution < -0.4 is 5.73 Å². The van der Waals surface area contributed by atoms with Crippen molar-refractivity contribution in [2.75, 3.05) is 0 Å². The summed E-state index contributed by atoms with van der Waals surface area (Å²) in [6.45, 7) is 6.03. The molecule has 1 atom stereocenters. The molecule has 0 radical (unpaired) electrons. The van der Waals surface area contributed by atoms with Crippen molar-refractivity contribution in [3.8, 4) is 0 Å². The molecule has 0 saturated carbocycles. The molecule has 0 fully saturated rings. The standard InChI is InChI=1S/C9H15N3O/c1-4-6(2)12-5-11-8(7(12)3)9(10)13/h5-6H,4H2,1-3H3,(H2,10,13). The van der Waals surface area contributed by atoms with Gasteiger partial charge in [0.2, 0.25) is 0 Å². The number of aromatic nitrogens is 2. The summed E-state index contributed by atoms with van der Waals surface area (Å²) in [7, 11) is 0.